The third kappa shape index (κ3) is 2.74. The summed E-state index contributed by atoms with van der Waals surface area (Å²) in [6.07, 6.45) is 2.16. The fourth-order valence-electron chi connectivity index (χ4n) is 3.08. The number of hydrogen-bond donors (Lipinski definition) is 1. The van der Waals surface area contributed by atoms with Crippen LogP contribution in [0.1, 0.15) is 23.6 Å². The molecule has 2 unspecified atom stereocenters. The van der Waals surface area contributed by atoms with Gasteiger partial charge in [-0.15, -0.1) is 0 Å². The molecule has 0 fully saturated rings. The van der Waals surface area contributed by atoms with E-state index in [1.807, 2.05) is 31.3 Å². The lowest BCUT2D eigenvalue weighted by Gasteiger charge is -2.34. The first-order chi connectivity index (χ1) is 10.3. The highest BCUT2D eigenvalue weighted by molar-refractivity contribution is 5.40. The summed E-state index contributed by atoms with van der Waals surface area (Å²) in [5.74, 6) is 1.59. The number of ether oxygens (including phenoxy) is 2. The van der Waals surface area contributed by atoms with Crippen molar-refractivity contribution in [1.82, 2.24) is 5.32 Å². The van der Waals surface area contributed by atoms with Crippen LogP contribution in [0.5, 0.6) is 11.5 Å². The van der Waals surface area contributed by atoms with Crippen molar-refractivity contribution in [3.8, 4) is 11.5 Å². The number of para-hydroxylation sites is 2. The predicted molar refractivity (Wildman–Crippen MR) is 84.0 cm³/mol. The summed E-state index contributed by atoms with van der Waals surface area (Å²) in [7, 11) is 3.67. The van der Waals surface area contributed by atoms with Crippen molar-refractivity contribution in [2.75, 3.05) is 14.2 Å². The van der Waals surface area contributed by atoms with Crippen molar-refractivity contribution in [3.05, 3.63) is 59.7 Å². The molecule has 0 aliphatic heterocycles. The summed E-state index contributed by atoms with van der Waals surface area (Å²) in [6.45, 7) is 0. The van der Waals surface area contributed by atoms with Gasteiger partial charge in [0.1, 0.15) is 6.10 Å². The topological polar surface area (TPSA) is 30.5 Å². The maximum atomic E-state index is 6.25. The standard InChI is InChI=1S/C18H21NO2/c1-19-18-14-8-4-3-7-13(14)11-12-17(18)21-16-10-6-5-9-15(16)20-2/h3-10,17-19H,11-12H2,1-2H3. The van der Waals surface area contributed by atoms with Crippen LogP contribution in [0.4, 0.5) is 0 Å². The molecule has 21 heavy (non-hydrogen) atoms. The van der Waals surface area contributed by atoms with Crippen molar-refractivity contribution in [3.63, 3.8) is 0 Å². The van der Waals surface area contributed by atoms with E-state index in [1.54, 1.807) is 7.11 Å². The highest BCUT2D eigenvalue weighted by atomic mass is 16.5. The fraction of sp³-hybridized carbons (Fsp3) is 0.333. The maximum absolute atomic E-state index is 6.25. The molecule has 0 bridgehead atoms. The van der Waals surface area contributed by atoms with Crippen LogP contribution in [0, 0.1) is 0 Å². The first-order valence-electron chi connectivity index (χ1n) is 7.38. The Morgan fingerprint density at radius 2 is 1.71 bits per heavy atom. The molecule has 3 nitrogen and oxygen atoms in total. The lowest BCUT2D eigenvalue weighted by Crippen LogP contribution is -2.37. The number of nitrogens with one attached hydrogen (secondary N) is 1. The fourth-order valence-corrected chi connectivity index (χ4v) is 3.08. The number of fused-ring (bicyclic) bond motifs is 1. The third-order valence-electron chi connectivity index (χ3n) is 4.12. The number of rotatable bonds is 4. The molecule has 3 rings (SSSR count). The van der Waals surface area contributed by atoms with Crippen molar-refractivity contribution < 1.29 is 9.47 Å². The van der Waals surface area contributed by atoms with Gasteiger partial charge in [-0.2, -0.15) is 0 Å². The lowest BCUT2D eigenvalue weighted by atomic mass is 9.85. The Morgan fingerprint density at radius 1 is 1.00 bits per heavy atom. The average Bonchev–Trinajstić information content (AvgIpc) is 2.55. The minimum absolute atomic E-state index is 0.112. The number of likely N-dealkylation sites (N-methyl/N-ethyl adjacent to an activating group) is 1. The Bertz CT molecular complexity index is 612. The van der Waals surface area contributed by atoms with Crippen LogP contribution in [-0.2, 0) is 6.42 Å². The molecule has 0 spiro atoms. The van der Waals surface area contributed by atoms with Crippen LogP contribution in [0.15, 0.2) is 48.5 Å². The molecule has 0 amide bonds. The van der Waals surface area contributed by atoms with Crippen molar-refractivity contribution in [2.45, 2.75) is 25.0 Å². The zero-order chi connectivity index (χ0) is 14.7. The van der Waals surface area contributed by atoms with E-state index >= 15 is 0 Å². The molecule has 1 aliphatic carbocycles. The SMILES string of the molecule is CNC1c2ccccc2CCC1Oc1ccccc1OC. The van der Waals surface area contributed by atoms with Gasteiger partial charge in [0.05, 0.1) is 13.2 Å². The summed E-state index contributed by atoms with van der Waals surface area (Å²) in [5, 5.41) is 3.40. The number of hydrogen-bond acceptors (Lipinski definition) is 3. The monoisotopic (exact) mass is 283 g/mol. The Kier molecular flexibility index (Phi) is 4.11. The van der Waals surface area contributed by atoms with Gasteiger partial charge in [-0.25, -0.2) is 0 Å². The van der Waals surface area contributed by atoms with E-state index in [2.05, 4.69) is 29.6 Å². The second-order valence-electron chi connectivity index (χ2n) is 5.31. The van der Waals surface area contributed by atoms with Crippen LogP contribution in [0.3, 0.4) is 0 Å². The van der Waals surface area contributed by atoms with E-state index in [4.69, 9.17) is 9.47 Å². The van der Waals surface area contributed by atoms with Crippen LogP contribution in [0.25, 0.3) is 0 Å². The molecule has 0 saturated heterocycles. The Hall–Kier alpha value is -2.00. The molecule has 1 N–H and O–H groups in total. The maximum Gasteiger partial charge on any atom is 0.161 e. The molecule has 3 heteroatoms. The van der Waals surface area contributed by atoms with Crippen LogP contribution in [-0.4, -0.2) is 20.3 Å². The minimum Gasteiger partial charge on any atom is -0.493 e. The molecular weight excluding hydrogens is 262 g/mol. The molecular formula is C18H21NO2. The average molecular weight is 283 g/mol. The molecule has 1 aliphatic rings. The van der Waals surface area contributed by atoms with Gasteiger partial charge in [-0.1, -0.05) is 36.4 Å². The molecule has 0 saturated carbocycles. The summed E-state index contributed by atoms with van der Waals surface area (Å²) in [5.41, 5.74) is 2.75. The largest absolute Gasteiger partial charge is 0.493 e. The summed E-state index contributed by atoms with van der Waals surface area (Å²) in [6, 6.07) is 16.6. The van der Waals surface area contributed by atoms with E-state index < -0.39 is 0 Å². The van der Waals surface area contributed by atoms with Gasteiger partial charge in [0, 0.05) is 0 Å². The zero-order valence-electron chi connectivity index (χ0n) is 12.5. The highest BCUT2D eigenvalue weighted by Crippen LogP contribution is 2.35. The first-order valence-corrected chi connectivity index (χ1v) is 7.38. The van der Waals surface area contributed by atoms with Gasteiger partial charge >= 0.3 is 0 Å². The lowest BCUT2D eigenvalue weighted by molar-refractivity contribution is 0.134. The zero-order valence-corrected chi connectivity index (χ0v) is 12.5. The summed E-state index contributed by atoms with van der Waals surface area (Å²) in [4.78, 5) is 0. The minimum atomic E-state index is 0.112. The number of benzene rings is 2. The van der Waals surface area contributed by atoms with Crippen LogP contribution in [0.2, 0.25) is 0 Å². The van der Waals surface area contributed by atoms with Crippen LogP contribution >= 0.6 is 0 Å². The quantitative estimate of drug-likeness (QED) is 0.933. The van der Waals surface area contributed by atoms with Gasteiger partial charge in [0.2, 0.25) is 0 Å². The molecule has 2 aromatic carbocycles. The molecule has 2 atom stereocenters. The van der Waals surface area contributed by atoms with E-state index in [-0.39, 0.29) is 12.1 Å². The van der Waals surface area contributed by atoms with Gasteiger partial charge in [0.25, 0.3) is 0 Å². The van der Waals surface area contributed by atoms with E-state index in [9.17, 15) is 0 Å². The van der Waals surface area contributed by atoms with Crippen molar-refractivity contribution in [2.24, 2.45) is 0 Å². The first kappa shape index (κ1) is 14.0. The molecule has 110 valence electrons. The molecule has 0 heterocycles. The molecule has 0 aromatic heterocycles. The van der Waals surface area contributed by atoms with Gasteiger partial charge in [-0.3, -0.25) is 0 Å². The van der Waals surface area contributed by atoms with Gasteiger partial charge in [-0.05, 0) is 43.1 Å². The van der Waals surface area contributed by atoms with Crippen molar-refractivity contribution >= 4 is 0 Å². The van der Waals surface area contributed by atoms with E-state index in [0.717, 1.165) is 24.3 Å². The second-order valence-corrected chi connectivity index (χ2v) is 5.31. The predicted octanol–water partition coefficient (Wildman–Crippen LogP) is 3.35. The molecule has 2 aromatic rings. The summed E-state index contributed by atoms with van der Waals surface area (Å²) >= 11 is 0. The molecule has 0 radical (unpaired) electrons. The summed E-state index contributed by atoms with van der Waals surface area (Å²) < 4.78 is 11.6. The highest BCUT2D eigenvalue weighted by Gasteiger charge is 2.30. The Balaban J connectivity index is 1.86. The number of methoxy groups -OCH3 is 1. The van der Waals surface area contributed by atoms with E-state index in [1.165, 1.54) is 11.1 Å². The number of aryl methyl sites for hydroxylation is 1. The third-order valence-corrected chi connectivity index (χ3v) is 4.12. The van der Waals surface area contributed by atoms with Crippen LogP contribution < -0.4 is 14.8 Å². The Morgan fingerprint density at radius 3 is 2.48 bits per heavy atom. The van der Waals surface area contributed by atoms with Gasteiger partial charge in [0.15, 0.2) is 11.5 Å². The smallest absolute Gasteiger partial charge is 0.161 e. The van der Waals surface area contributed by atoms with Gasteiger partial charge < -0.3 is 14.8 Å². The second kappa shape index (κ2) is 6.19. The Labute approximate surface area is 125 Å². The normalized spacial score (nSPS) is 20.7. The van der Waals surface area contributed by atoms with E-state index in [0.29, 0.717) is 0 Å². The van der Waals surface area contributed by atoms with Crippen molar-refractivity contribution in [1.29, 1.82) is 0 Å².